The number of aliphatic imine (C=N–C) groups is 1. The number of aryl methyl sites for hydroxylation is 1. The van der Waals surface area contributed by atoms with Crippen molar-refractivity contribution in [1.82, 2.24) is 15.6 Å². The number of hydrogen-bond acceptors (Lipinski definition) is 1. The van der Waals surface area contributed by atoms with Crippen LogP contribution >= 0.6 is 24.0 Å². The maximum absolute atomic E-state index is 4.70. The van der Waals surface area contributed by atoms with Gasteiger partial charge in [0.15, 0.2) is 5.96 Å². The Balaban J connectivity index is 0.00000192. The van der Waals surface area contributed by atoms with Crippen LogP contribution in [0.4, 0.5) is 0 Å². The third-order valence-electron chi connectivity index (χ3n) is 4.18. The first-order valence-electron chi connectivity index (χ1n) is 8.44. The van der Waals surface area contributed by atoms with Crippen molar-refractivity contribution < 1.29 is 0 Å². The van der Waals surface area contributed by atoms with Gasteiger partial charge in [-0.05, 0) is 43.7 Å². The fraction of sp³-hybridized carbons (Fsp3) is 0.500. The van der Waals surface area contributed by atoms with Gasteiger partial charge in [0.25, 0.3) is 0 Å². The number of aromatic nitrogens is 1. The van der Waals surface area contributed by atoms with Crippen LogP contribution in [0.1, 0.15) is 37.8 Å². The Bertz CT molecular complexity index is 658. The lowest BCUT2D eigenvalue weighted by molar-refractivity contribution is 0.809. The normalized spacial score (nSPS) is 14.6. The van der Waals surface area contributed by atoms with Gasteiger partial charge < -0.3 is 15.6 Å². The molecule has 0 bridgehead atoms. The van der Waals surface area contributed by atoms with Crippen molar-refractivity contribution in [2.75, 3.05) is 13.1 Å². The number of benzene rings is 1. The van der Waals surface area contributed by atoms with Crippen LogP contribution in [0, 0.1) is 0 Å². The summed E-state index contributed by atoms with van der Waals surface area (Å²) < 4.78 is 0. The number of H-pyrrole nitrogens is 1. The van der Waals surface area contributed by atoms with E-state index in [4.69, 9.17) is 4.99 Å². The van der Waals surface area contributed by atoms with Gasteiger partial charge in [0.1, 0.15) is 0 Å². The quantitative estimate of drug-likeness (QED) is 0.376. The van der Waals surface area contributed by atoms with Crippen LogP contribution in [0.3, 0.4) is 0 Å². The van der Waals surface area contributed by atoms with E-state index in [0.717, 1.165) is 31.9 Å². The van der Waals surface area contributed by atoms with Gasteiger partial charge in [-0.2, -0.15) is 0 Å². The van der Waals surface area contributed by atoms with Crippen LogP contribution in [-0.2, 0) is 12.8 Å². The zero-order chi connectivity index (χ0) is 15.4. The number of fused-ring (bicyclic) bond motifs is 1. The molecular formula is C18H27IN4. The molecule has 1 aliphatic carbocycles. The van der Waals surface area contributed by atoms with Gasteiger partial charge in [-0.15, -0.1) is 24.0 Å². The fourth-order valence-corrected chi connectivity index (χ4v) is 2.81. The Morgan fingerprint density at radius 3 is 2.78 bits per heavy atom. The van der Waals surface area contributed by atoms with Crippen molar-refractivity contribution in [3.63, 3.8) is 0 Å². The molecule has 3 rings (SSSR count). The van der Waals surface area contributed by atoms with Crippen molar-refractivity contribution in [3.05, 3.63) is 35.5 Å². The molecule has 3 N–H and O–H groups in total. The minimum atomic E-state index is 0. The highest BCUT2D eigenvalue weighted by atomic mass is 127. The first-order chi connectivity index (χ1) is 10.8. The Morgan fingerprint density at radius 1 is 1.26 bits per heavy atom. The van der Waals surface area contributed by atoms with E-state index in [1.807, 2.05) is 0 Å². The molecule has 0 atom stereocenters. The van der Waals surface area contributed by atoms with Crippen molar-refractivity contribution in [2.24, 2.45) is 4.99 Å². The van der Waals surface area contributed by atoms with E-state index in [0.29, 0.717) is 6.04 Å². The number of aromatic amines is 1. The van der Waals surface area contributed by atoms with Crippen LogP contribution < -0.4 is 10.6 Å². The maximum atomic E-state index is 4.70. The molecule has 1 fully saturated rings. The number of para-hydroxylation sites is 1. The van der Waals surface area contributed by atoms with Crippen molar-refractivity contribution in [3.8, 4) is 0 Å². The zero-order valence-electron chi connectivity index (χ0n) is 14.0. The Kier molecular flexibility index (Phi) is 6.74. The summed E-state index contributed by atoms with van der Waals surface area (Å²) in [6.45, 7) is 6.03. The van der Waals surface area contributed by atoms with Crippen molar-refractivity contribution in [2.45, 2.75) is 45.6 Å². The van der Waals surface area contributed by atoms with Crippen molar-refractivity contribution in [1.29, 1.82) is 0 Å². The second-order valence-corrected chi connectivity index (χ2v) is 5.94. The molecule has 1 aromatic heterocycles. The molecule has 5 heteroatoms. The smallest absolute Gasteiger partial charge is 0.191 e. The summed E-state index contributed by atoms with van der Waals surface area (Å²) in [5.74, 6) is 0.957. The minimum Gasteiger partial charge on any atom is -0.361 e. The summed E-state index contributed by atoms with van der Waals surface area (Å²) in [5, 5.41) is 8.12. The predicted molar refractivity (Wildman–Crippen MR) is 109 cm³/mol. The van der Waals surface area contributed by atoms with Gasteiger partial charge >= 0.3 is 0 Å². The molecule has 2 aromatic rings. The largest absolute Gasteiger partial charge is 0.361 e. The summed E-state index contributed by atoms with van der Waals surface area (Å²) in [4.78, 5) is 8.13. The maximum Gasteiger partial charge on any atom is 0.191 e. The van der Waals surface area contributed by atoms with Crippen LogP contribution in [-0.4, -0.2) is 30.1 Å². The highest BCUT2D eigenvalue weighted by Gasteiger charge is 2.21. The van der Waals surface area contributed by atoms with Gasteiger partial charge in [0.2, 0.25) is 0 Å². The Labute approximate surface area is 155 Å². The minimum absolute atomic E-state index is 0. The molecule has 0 radical (unpaired) electrons. The molecule has 0 aliphatic heterocycles. The van der Waals surface area contributed by atoms with Gasteiger partial charge in [-0.25, -0.2) is 0 Å². The van der Waals surface area contributed by atoms with Crippen LogP contribution in [0.5, 0.6) is 0 Å². The number of halogens is 1. The fourth-order valence-electron chi connectivity index (χ4n) is 2.81. The summed E-state index contributed by atoms with van der Waals surface area (Å²) in [6, 6.07) is 7.19. The third kappa shape index (κ3) is 4.62. The van der Waals surface area contributed by atoms with E-state index in [9.17, 15) is 0 Å². The molecule has 126 valence electrons. The first-order valence-corrected chi connectivity index (χ1v) is 8.44. The summed E-state index contributed by atoms with van der Waals surface area (Å²) >= 11 is 0. The first kappa shape index (κ1) is 18.1. The molecule has 0 saturated heterocycles. The van der Waals surface area contributed by atoms with Crippen LogP contribution in [0.15, 0.2) is 29.4 Å². The molecule has 1 aliphatic rings. The van der Waals surface area contributed by atoms with E-state index in [2.05, 4.69) is 53.9 Å². The number of nitrogens with zero attached hydrogens (tertiary/aromatic N) is 1. The topological polar surface area (TPSA) is 52.2 Å². The molecule has 4 nitrogen and oxygen atoms in total. The standard InChI is InChI=1S/C18H26N4.HI/c1-3-13-6-5-7-16-14(12-21-17(13)16)10-11-20-18(19-4-2)22-15-8-9-15;/h5-7,12,15,21H,3-4,8-11H2,1-2H3,(H2,19,20,22);1H. The van der Waals surface area contributed by atoms with Gasteiger partial charge in [0, 0.05) is 36.2 Å². The number of hydrogen-bond donors (Lipinski definition) is 3. The summed E-state index contributed by atoms with van der Waals surface area (Å²) in [6.07, 6.45) is 6.71. The predicted octanol–water partition coefficient (Wildman–Crippen LogP) is 3.61. The molecule has 0 amide bonds. The Hall–Kier alpha value is -1.24. The van der Waals surface area contributed by atoms with E-state index < -0.39 is 0 Å². The van der Waals surface area contributed by atoms with Crippen LogP contribution in [0.2, 0.25) is 0 Å². The van der Waals surface area contributed by atoms with Crippen molar-refractivity contribution >= 4 is 40.8 Å². The third-order valence-corrected chi connectivity index (χ3v) is 4.18. The van der Waals surface area contributed by atoms with E-state index >= 15 is 0 Å². The molecule has 1 heterocycles. The van der Waals surface area contributed by atoms with Gasteiger partial charge in [0.05, 0.1) is 0 Å². The van der Waals surface area contributed by atoms with E-state index in [1.165, 1.54) is 34.9 Å². The Morgan fingerprint density at radius 2 is 2.09 bits per heavy atom. The highest BCUT2D eigenvalue weighted by Crippen LogP contribution is 2.22. The highest BCUT2D eigenvalue weighted by molar-refractivity contribution is 14.0. The molecule has 0 spiro atoms. The number of guanidine groups is 1. The lowest BCUT2D eigenvalue weighted by Gasteiger charge is -2.09. The molecule has 0 unspecified atom stereocenters. The van der Waals surface area contributed by atoms with Crippen LogP contribution in [0.25, 0.3) is 10.9 Å². The summed E-state index contributed by atoms with van der Waals surface area (Å²) in [5.41, 5.74) is 4.03. The molecule has 1 saturated carbocycles. The zero-order valence-corrected chi connectivity index (χ0v) is 16.3. The lowest BCUT2D eigenvalue weighted by atomic mass is 10.1. The number of nitrogens with one attached hydrogen (secondary N) is 3. The average molecular weight is 426 g/mol. The molecular weight excluding hydrogens is 399 g/mol. The number of rotatable bonds is 6. The molecule has 23 heavy (non-hydrogen) atoms. The van der Waals surface area contributed by atoms with E-state index in [-0.39, 0.29) is 24.0 Å². The SMILES string of the molecule is CCNC(=NCCc1c[nH]c2c(CC)cccc12)NC1CC1.I. The van der Waals surface area contributed by atoms with Gasteiger partial charge in [-0.3, -0.25) is 4.99 Å². The van der Waals surface area contributed by atoms with E-state index in [1.54, 1.807) is 0 Å². The lowest BCUT2D eigenvalue weighted by Crippen LogP contribution is -2.38. The second-order valence-electron chi connectivity index (χ2n) is 5.94. The summed E-state index contributed by atoms with van der Waals surface area (Å²) in [7, 11) is 0. The van der Waals surface area contributed by atoms with Gasteiger partial charge in [-0.1, -0.05) is 25.1 Å². The average Bonchev–Trinajstić information content (AvgIpc) is 3.25. The molecule has 1 aromatic carbocycles. The monoisotopic (exact) mass is 426 g/mol. The second kappa shape index (κ2) is 8.57.